The van der Waals surface area contributed by atoms with Gasteiger partial charge in [0.1, 0.15) is 5.75 Å². The minimum absolute atomic E-state index is 0.217. The predicted octanol–water partition coefficient (Wildman–Crippen LogP) is 2.06. The van der Waals surface area contributed by atoms with E-state index in [1.165, 1.54) is 13.3 Å². The highest BCUT2D eigenvalue weighted by molar-refractivity contribution is 6.06. The van der Waals surface area contributed by atoms with Crippen molar-refractivity contribution in [1.29, 1.82) is 0 Å². The Morgan fingerprint density at radius 2 is 2.00 bits per heavy atom. The second kappa shape index (κ2) is 6.68. The number of benzene rings is 1. The van der Waals surface area contributed by atoms with E-state index in [4.69, 9.17) is 4.74 Å². The minimum atomic E-state index is -0.217. The quantitative estimate of drug-likeness (QED) is 0.873. The number of anilines is 1. The second-order valence-electron chi connectivity index (χ2n) is 4.26. The lowest BCUT2D eigenvalue weighted by Crippen LogP contribution is -2.13. The SMILES string of the molecule is CNCc1ccc(NC(=O)c2ccncc2OC)cc1. The molecular weight excluding hydrogens is 254 g/mol. The molecule has 1 aromatic heterocycles. The molecule has 0 spiro atoms. The highest BCUT2D eigenvalue weighted by atomic mass is 16.5. The van der Waals surface area contributed by atoms with Gasteiger partial charge in [0, 0.05) is 18.4 Å². The summed E-state index contributed by atoms with van der Waals surface area (Å²) in [5, 5.41) is 5.91. The number of carbonyl (C=O) groups is 1. The summed E-state index contributed by atoms with van der Waals surface area (Å²) in [7, 11) is 3.41. The van der Waals surface area contributed by atoms with E-state index < -0.39 is 0 Å². The molecule has 1 heterocycles. The van der Waals surface area contributed by atoms with Crippen LogP contribution in [0.4, 0.5) is 5.69 Å². The molecule has 2 N–H and O–H groups in total. The average molecular weight is 271 g/mol. The summed E-state index contributed by atoms with van der Waals surface area (Å²) < 4.78 is 5.12. The van der Waals surface area contributed by atoms with Crippen molar-refractivity contribution < 1.29 is 9.53 Å². The first-order chi connectivity index (χ1) is 9.74. The van der Waals surface area contributed by atoms with Crippen molar-refractivity contribution in [3.8, 4) is 5.75 Å². The number of nitrogens with one attached hydrogen (secondary N) is 2. The summed E-state index contributed by atoms with van der Waals surface area (Å²) in [6.45, 7) is 0.798. The summed E-state index contributed by atoms with van der Waals surface area (Å²) in [4.78, 5) is 16.1. The van der Waals surface area contributed by atoms with Crippen LogP contribution in [0, 0.1) is 0 Å². The molecule has 0 bridgehead atoms. The molecule has 2 aromatic rings. The van der Waals surface area contributed by atoms with E-state index in [-0.39, 0.29) is 5.91 Å². The zero-order valence-corrected chi connectivity index (χ0v) is 11.5. The molecule has 5 nitrogen and oxygen atoms in total. The second-order valence-corrected chi connectivity index (χ2v) is 4.26. The van der Waals surface area contributed by atoms with Crippen LogP contribution < -0.4 is 15.4 Å². The number of ether oxygens (including phenoxy) is 1. The number of hydrogen-bond donors (Lipinski definition) is 2. The molecule has 1 amide bonds. The van der Waals surface area contributed by atoms with Crippen LogP contribution >= 0.6 is 0 Å². The van der Waals surface area contributed by atoms with Crippen LogP contribution in [-0.4, -0.2) is 25.0 Å². The summed E-state index contributed by atoms with van der Waals surface area (Å²) in [5.74, 6) is 0.238. The molecule has 0 aliphatic rings. The fourth-order valence-electron chi connectivity index (χ4n) is 1.84. The first-order valence-corrected chi connectivity index (χ1v) is 6.27. The number of carbonyl (C=O) groups excluding carboxylic acids is 1. The van der Waals surface area contributed by atoms with Crippen molar-refractivity contribution in [2.45, 2.75) is 6.54 Å². The molecular formula is C15H17N3O2. The molecule has 0 atom stereocenters. The molecule has 0 radical (unpaired) electrons. The van der Waals surface area contributed by atoms with E-state index >= 15 is 0 Å². The third-order valence-electron chi connectivity index (χ3n) is 2.84. The van der Waals surface area contributed by atoms with E-state index in [1.54, 1.807) is 12.3 Å². The molecule has 0 saturated heterocycles. The molecule has 20 heavy (non-hydrogen) atoms. The van der Waals surface area contributed by atoms with Gasteiger partial charge in [0.15, 0.2) is 0 Å². The molecule has 0 aliphatic carbocycles. The molecule has 0 saturated carbocycles. The zero-order chi connectivity index (χ0) is 14.4. The summed E-state index contributed by atoms with van der Waals surface area (Å²) in [5.41, 5.74) is 2.36. The van der Waals surface area contributed by atoms with Crippen molar-refractivity contribution in [1.82, 2.24) is 10.3 Å². The van der Waals surface area contributed by atoms with Crippen molar-refractivity contribution in [2.24, 2.45) is 0 Å². The number of nitrogens with zero attached hydrogens (tertiary/aromatic N) is 1. The van der Waals surface area contributed by atoms with E-state index in [9.17, 15) is 4.79 Å². The molecule has 0 fully saturated rings. The molecule has 5 heteroatoms. The van der Waals surface area contributed by atoms with Crippen LogP contribution in [-0.2, 0) is 6.54 Å². The first-order valence-electron chi connectivity index (χ1n) is 6.27. The number of methoxy groups -OCH3 is 1. The summed E-state index contributed by atoms with van der Waals surface area (Å²) in [6.07, 6.45) is 3.08. The molecule has 0 unspecified atom stereocenters. The number of pyridine rings is 1. The zero-order valence-electron chi connectivity index (χ0n) is 11.5. The Bertz CT molecular complexity index is 582. The van der Waals surface area contributed by atoms with Crippen LogP contribution in [0.25, 0.3) is 0 Å². The number of aromatic nitrogens is 1. The predicted molar refractivity (Wildman–Crippen MR) is 77.9 cm³/mol. The number of rotatable bonds is 5. The van der Waals surface area contributed by atoms with E-state index in [2.05, 4.69) is 15.6 Å². The Kier molecular flexibility index (Phi) is 4.68. The Morgan fingerprint density at radius 1 is 1.25 bits per heavy atom. The third kappa shape index (κ3) is 3.33. The van der Waals surface area contributed by atoms with Crippen LogP contribution in [0.3, 0.4) is 0 Å². The van der Waals surface area contributed by atoms with Gasteiger partial charge in [-0.25, -0.2) is 0 Å². The van der Waals surface area contributed by atoms with Gasteiger partial charge in [-0.3, -0.25) is 9.78 Å². The Balaban J connectivity index is 2.11. The molecule has 104 valence electrons. The fraction of sp³-hybridized carbons (Fsp3) is 0.200. The number of hydrogen-bond acceptors (Lipinski definition) is 4. The first kappa shape index (κ1) is 14.0. The minimum Gasteiger partial charge on any atom is -0.494 e. The lowest BCUT2D eigenvalue weighted by Gasteiger charge is -2.09. The van der Waals surface area contributed by atoms with Crippen molar-refractivity contribution in [3.05, 3.63) is 53.9 Å². The Morgan fingerprint density at radius 3 is 2.65 bits per heavy atom. The summed E-state index contributed by atoms with van der Waals surface area (Å²) >= 11 is 0. The standard InChI is InChI=1S/C15H17N3O2/c1-16-9-11-3-5-12(6-4-11)18-15(19)13-7-8-17-10-14(13)20-2/h3-8,10,16H,9H2,1-2H3,(H,18,19). The van der Waals surface area contributed by atoms with Crippen molar-refractivity contribution in [3.63, 3.8) is 0 Å². The van der Waals surface area contributed by atoms with E-state index in [0.717, 1.165) is 17.8 Å². The van der Waals surface area contributed by atoms with Crippen LogP contribution in [0.2, 0.25) is 0 Å². The average Bonchev–Trinajstić information content (AvgIpc) is 2.49. The van der Waals surface area contributed by atoms with Gasteiger partial charge < -0.3 is 15.4 Å². The van der Waals surface area contributed by atoms with Gasteiger partial charge >= 0.3 is 0 Å². The fourth-order valence-corrected chi connectivity index (χ4v) is 1.84. The molecule has 0 aliphatic heterocycles. The monoisotopic (exact) mass is 271 g/mol. The van der Waals surface area contributed by atoms with Crippen LogP contribution in [0.15, 0.2) is 42.7 Å². The maximum Gasteiger partial charge on any atom is 0.259 e. The summed E-state index contributed by atoms with van der Waals surface area (Å²) in [6, 6.07) is 9.31. The molecule has 1 aromatic carbocycles. The maximum atomic E-state index is 12.2. The topological polar surface area (TPSA) is 63.2 Å². The van der Waals surface area contributed by atoms with Gasteiger partial charge in [-0.2, -0.15) is 0 Å². The van der Waals surface area contributed by atoms with Crippen molar-refractivity contribution in [2.75, 3.05) is 19.5 Å². The van der Waals surface area contributed by atoms with Gasteiger partial charge in [-0.1, -0.05) is 12.1 Å². The van der Waals surface area contributed by atoms with Gasteiger partial charge in [-0.05, 0) is 30.8 Å². The highest BCUT2D eigenvalue weighted by Crippen LogP contribution is 2.18. The van der Waals surface area contributed by atoms with Gasteiger partial charge in [0.05, 0.1) is 18.9 Å². The number of amides is 1. The normalized spacial score (nSPS) is 10.1. The Hall–Kier alpha value is -2.40. The lowest BCUT2D eigenvalue weighted by atomic mass is 10.2. The largest absolute Gasteiger partial charge is 0.494 e. The molecule has 2 rings (SSSR count). The third-order valence-corrected chi connectivity index (χ3v) is 2.84. The van der Waals surface area contributed by atoms with Crippen LogP contribution in [0.5, 0.6) is 5.75 Å². The van der Waals surface area contributed by atoms with Gasteiger partial charge in [-0.15, -0.1) is 0 Å². The van der Waals surface area contributed by atoms with E-state index in [1.807, 2.05) is 31.3 Å². The maximum absolute atomic E-state index is 12.2. The Labute approximate surface area is 118 Å². The van der Waals surface area contributed by atoms with Gasteiger partial charge in [0.25, 0.3) is 5.91 Å². The lowest BCUT2D eigenvalue weighted by molar-refractivity contribution is 0.102. The van der Waals surface area contributed by atoms with E-state index in [0.29, 0.717) is 11.3 Å². The van der Waals surface area contributed by atoms with Crippen LogP contribution in [0.1, 0.15) is 15.9 Å². The van der Waals surface area contributed by atoms with Gasteiger partial charge in [0.2, 0.25) is 0 Å². The van der Waals surface area contributed by atoms with Crippen molar-refractivity contribution >= 4 is 11.6 Å². The smallest absolute Gasteiger partial charge is 0.259 e. The highest BCUT2D eigenvalue weighted by Gasteiger charge is 2.11.